The van der Waals surface area contributed by atoms with Crippen molar-refractivity contribution in [3.05, 3.63) is 70.7 Å². The van der Waals surface area contributed by atoms with Gasteiger partial charge in [-0.25, -0.2) is 4.68 Å². The van der Waals surface area contributed by atoms with Crippen LogP contribution in [0, 0.1) is 5.92 Å². The summed E-state index contributed by atoms with van der Waals surface area (Å²) in [5, 5.41) is 9.73. The van der Waals surface area contributed by atoms with Crippen molar-refractivity contribution in [1.82, 2.24) is 20.0 Å². The third-order valence-electron chi connectivity index (χ3n) is 5.92. The van der Waals surface area contributed by atoms with Crippen molar-refractivity contribution in [3.63, 3.8) is 0 Å². The van der Waals surface area contributed by atoms with Crippen LogP contribution in [0.4, 0.5) is 0 Å². The van der Waals surface area contributed by atoms with E-state index in [1.165, 1.54) is 17.7 Å². The van der Waals surface area contributed by atoms with E-state index in [4.69, 9.17) is 0 Å². The fraction of sp³-hybridized carbons (Fsp3) is 0.417. The van der Waals surface area contributed by atoms with Gasteiger partial charge in [-0.05, 0) is 67.4 Å². The number of piperidine rings is 1. The summed E-state index contributed by atoms with van der Waals surface area (Å²) >= 11 is 1.78. The molecule has 1 saturated heterocycles. The number of thiophene rings is 1. The second kappa shape index (κ2) is 10.0. The van der Waals surface area contributed by atoms with Gasteiger partial charge < -0.3 is 5.32 Å². The molecule has 1 aliphatic rings. The molecule has 1 unspecified atom stereocenters. The van der Waals surface area contributed by atoms with E-state index < -0.39 is 0 Å². The van der Waals surface area contributed by atoms with E-state index >= 15 is 0 Å². The largest absolute Gasteiger partial charge is 0.354 e. The molecular weight excluding hydrogens is 392 g/mol. The second-order valence-corrected chi connectivity index (χ2v) is 9.16. The van der Waals surface area contributed by atoms with Crippen LogP contribution in [0.15, 0.2) is 60.2 Å². The molecule has 158 valence electrons. The number of aryl methyl sites for hydroxylation is 1. The third-order valence-corrected chi connectivity index (χ3v) is 6.89. The van der Waals surface area contributed by atoms with Crippen molar-refractivity contribution in [1.29, 1.82) is 0 Å². The third kappa shape index (κ3) is 5.37. The summed E-state index contributed by atoms with van der Waals surface area (Å²) in [5.74, 6) is 0.908. The summed E-state index contributed by atoms with van der Waals surface area (Å²) in [5.41, 5.74) is 2.11. The van der Waals surface area contributed by atoms with Crippen molar-refractivity contribution < 1.29 is 4.79 Å². The van der Waals surface area contributed by atoms with Crippen LogP contribution in [-0.2, 0) is 11.2 Å². The number of nitrogens with zero attached hydrogens (tertiary/aromatic N) is 3. The van der Waals surface area contributed by atoms with E-state index in [-0.39, 0.29) is 11.9 Å². The summed E-state index contributed by atoms with van der Waals surface area (Å²) in [6.07, 6.45) is 7.51. The Bertz CT molecular complexity index is 914. The van der Waals surface area contributed by atoms with Crippen LogP contribution in [0.2, 0.25) is 0 Å². The first-order chi connectivity index (χ1) is 14.7. The lowest BCUT2D eigenvalue weighted by atomic mass is 9.97. The van der Waals surface area contributed by atoms with Crippen molar-refractivity contribution in [2.24, 2.45) is 5.92 Å². The lowest BCUT2D eigenvalue weighted by Crippen LogP contribution is -2.41. The number of likely N-dealkylation sites (tertiary alicyclic amines) is 1. The molecule has 1 N–H and O–H groups in total. The van der Waals surface area contributed by atoms with Crippen LogP contribution in [0.25, 0.3) is 5.69 Å². The summed E-state index contributed by atoms with van der Waals surface area (Å²) < 4.78 is 1.86. The zero-order chi connectivity index (χ0) is 20.8. The first-order valence-corrected chi connectivity index (χ1v) is 11.7. The number of hydrogen-bond acceptors (Lipinski definition) is 4. The molecule has 30 heavy (non-hydrogen) atoms. The number of rotatable bonds is 8. The molecule has 3 heterocycles. The number of amides is 1. The Labute approximate surface area is 182 Å². The zero-order valence-electron chi connectivity index (χ0n) is 17.5. The number of para-hydroxylation sites is 1. The van der Waals surface area contributed by atoms with Gasteiger partial charge in [0.15, 0.2) is 0 Å². The number of carbonyl (C=O) groups is 1. The van der Waals surface area contributed by atoms with Gasteiger partial charge in [0.2, 0.25) is 5.91 Å². The summed E-state index contributed by atoms with van der Waals surface area (Å²) in [6.45, 7) is 5.23. The van der Waals surface area contributed by atoms with E-state index in [1.807, 2.05) is 47.4 Å². The standard InChI is InChI=1S/C24H30N4OS/c1-19-11-13-27(14-12-19)22(23-8-5-15-30-23)17-25-24(29)10-9-20-16-26-28(18-20)21-6-3-2-4-7-21/h2-8,15-16,18-19,22H,9-14,17H2,1H3,(H,25,29). The molecule has 0 aliphatic carbocycles. The zero-order valence-corrected chi connectivity index (χ0v) is 18.4. The molecule has 0 bridgehead atoms. The minimum Gasteiger partial charge on any atom is -0.354 e. The van der Waals surface area contributed by atoms with Crippen LogP contribution in [0.5, 0.6) is 0 Å². The molecule has 1 amide bonds. The topological polar surface area (TPSA) is 50.2 Å². The van der Waals surface area contributed by atoms with Gasteiger partial charge in [-0.15, -0.1) is 11.3 Å². The molecule has 6 heteroatoms. The van der Waals surface area contributed by atoms with Crippen LogP contribution in [0.1, 0.15) is 42.7 Å². The first kappa shape index (κ1) is 20.8. The fourth-order valence-electron chi connectivity index (χ4n) is 4.00. The van der Waals surface area contributed by atoms with Gasteiger partial charge in [0.1, 0.15) is 0 Å². The van der Waals surface area contributed by atoms with Gasteiger partial charge in [0, 0.05) is 24.0 Å². The Kier molecular flexibility index (Phi) is 6.97. The van der Waals surface area contributed by atoms with E-state index in [9.17, 15) is 4.79 Å². The molecule has 1 atom stereocenters. The molecule has 0 spiro atoms. The maximum atomic E-state index is 12.5. The number of benzene rings is 1. The second-order valence-electron chi connectivity index (χ2n) is 8.18. The summed E-state index contributed by atoms with van der Waals surface area (Å²) in [7, 11) is 0. The van der Waals surface area contributed by atoms with Crippen LogP contribution in [-0.4, -0.2) is 40.2 Å². The Hall–Kier alpha value is -2.44. The maximum absolute atomic E-state index is 12.5. The molecule has 5 nitrogen and oxygen atoms in total. The molecule has 3 aromatic rings. The van der Waals surface area contributed by atoms with Crippen LogP contribution in [0.3, 0.4) is 0 Å². The predicted octanol–water partition coefficient (Wildman–Crippen LogP) is 4.46. The number of nitrogens with one attached hydrogen (secondary N) is 1. The molecule has 2 aromatic heterocycles. The van der Waals surface area contributed by atoms with E-state index in [0.717, 1.165) is 30.3 Å². The number of aromatic nitrogens is 2. The smallest absolute Gasteiger partial charge is 0.220 e. The lowest BCUT2D eigenvalue weighted by molar-refractivity contribution is -0.121. The van der Waals surface area contributed by atoms with Crippen molar-refractivity contribution in [2.75, 3.05) is 19.6 Å². The highest BCUT2D eigenvalue weighted by Crippen LogP contribution is 2.29. The Morgan fingerprint density at radius 2 is 2.00 bits per heavy atom. The summed E-state index contributed by atoms with van der Waals surface area (Å²) in [6, 6.07) is 14.6. The number of hydrogen-bond donors (Lipinski definition) is 1. The highest BCUT2D eigenvalue weighted by atomic mass is 32.1. The first-order valence-electron chi connectivity index (χ1n) is 10.8. The Morgan fingerprint density at radius 3 is 2.73 bits per heavy atom. The number of carbonyl (C=O) groups excluding carboxylic acids is 1. The molecule has 1 aliphatic heterocycles. The minimum atomic E-state index is 0.106. The van der Waals surface area contributed by atoms with Crippen LogP contribution < -0.4 is 5.32 Å². The quantitative estimate of drug-likeness (QED) is 0.583. The molecular formula is C24H30N4OS. The minimum absolute atomic E-state index is 0.106. The van der Waals surface area contributed by atoms with E-state index in [0.29, 0.717) is 19.4 Å². The van der Waals surface area contributed by atoms with Gasteiger partial charge in [-0.1, -0.05) is 31.2 Å². The van der Waals surface area contributed by atoms with Gasteiger partial charge in [0.25, 0.3) is 0 Å². The Balaban J connectivity index is 1.29. The molecule has 1 fully saturated rings. The normalized spacial score (nSPS) is 16.4. The molecule has 0 saturated carbocycles. The van der Waals surface area contributed by atoms with Crippen LogP contribution >= 0.6 is 11.3 Å². The van der Waals surface area contributed by atoms with Gasteiger partial charge in [0.05, 0.1) is 17.9 Å². The molecule has 1 aromatic carbocycles. The molecule has 0 radical (unpaired) electrons. The molecule has 4 rings (SSSR count). The average molecular weight is 423 g/mol. The predicted molar refractivity (Wildman–Crippen MR) is 122 cm³/mol. The van der Waals surface area contributed by atoms with Gasteiger partial charge in [-0.2, -0.15) is 5.10 Å². The monoisotopic (exact) mass is 422 g/mol. The van der Waals surface area contributed by atoms with Gasteiger partial charge in [-0.3, -0.25) is 9.69 Å². The van der Waals surface area contributed by atoms with E-state index in [1.54, 1.807) is 11.3 Å². The lowest BCUT2D eigenvalue weighted by Gasteiger charge is -2.36. The SMILES string of the molecule is CC1CCN(C(CNC(=O)CCc2cnn(-c3ccccc3)c2)c2cccs2)CC1. The highest BCUT2D eigenvalue weighted by molar-refractivity contribution is 7.10. The summed E-state index contributed by atoms with van der Waals surface area (Å²) in [4.78, 5) is 16.4. The van der Waals surface area contributed by atoms with Crippen molar-refractivity contribution in [2.45, 2.75) is 38.6 Å². The Morgan fingerprint density at radius 1 is 1.20 bits per heavy atom. The fourth-order valence-corrected chi connectivity index (χ4v) is 4.86. The average Bonchev–Trinajstić information content (AvgIpc) is 3.47. The van der Waals surface area contributed by atoms with E-state index in [2.05, 4.69) is 39.8 Å². The van der Waals surface area contributed by atoms with Crippen molar-refractivity contribution in [3.8, 4) is 5.69 Å². The van der Waals surface area contributed by atoms with Crippen molar-refractivity contribution >= 4 is 17.2 Å². The highest BCUT2D eigenvalue weighted by Gasteiger charge is 2.25. The maximum Gasteiger partial charge on any atom is 0.220 e. The van der Waals surface area contributed by atoms with Gasteiger partial charge >= 0.3 is 0 Å².